The van der Waals surface area contributed by atoms with Gasteiger partial charge in [0.05, 0.1) is 31.1 Å². The van der Waals surface area contributed by atoms with Gasteiger partial charge in [-0.05, 0) is 19.1 Å². The maximum atomic E-state index is 11.6. The zero-order chi connectivity index (χ0) is 12.1. The van der Waals surface area contributed by atoms with Crippen molar-refractivity contribution in [1.29, 1.82) is 0 Å². The van der Waals surface area contributed by atoms with Crippen LogP contribution in [0.25, 0.3) is 0 Å². The summed E-state index contributed by atoms with van der Waals surface area (Å²) in [5.74, 6) is -0.302. The molecule has 4 heteroatoms. The van der Waals surface area contributed by atoms with E-state index >= 15 is 0 Å². The lowest BCUT2D eigenvalue weighted by molar-refractivity contribution is -0.138. The Bertz CT molecular complexity index is 426. The van der Waals surface area contributed by atoms with Gasteiger partial charge in [-0.3, -0.25) is 0 Å². The van der Waals surface area contributed by atoms with Crippen LogP contribution in [0.5, 0.6) is 0 Å². The monoisotopic (exact) mass is 233 g/mol. The molecule has 0 unspecified atom stereocenters. The Morgan fingerprint density at radius 2 is 2.12 bits per heavy atom. The van der Waals surface area contributed by atoms with E-state index in [4.69, 9.17) is 9.47 Å². The van der Waals surface area contributed by atoms with Gasteiger partial charge in [0.25, 0.3) is 0 Å². The number of hydrogen-bond acceptors (Lipinski definition) is 4. The van der Waals surface area contributed by atoms with E-state index in [0.29, 0.717) is 25.4 Å². The third-order valence-corrected chi connectivity index (χ3v) is 2.45. The summed E-state index contributed by atoms with van der Waals surface area (Å²) in [6.07, 6.45) is 0. The van der Waals surface area contributed by atoms with Gasteiger partial charge >= 0.3 is 5.97 Å². The Hall–Kier alpha value is -1.81. The van der Waals surface area contributed by atoms with Crippen LogP contribution in [0.4, 0.5) is 5.69 Å². The molecule has 0 aliphatic carbocycles. The van der Waals surface area contributed by atoms with Crippen molar-refractivity contribution in [1.82, 2.24) is 0 Å². The first-order valence-corrected chi connectivity index (χ1v) is 5.60. The quantitative estimate of drug-likeness (QED) is 0.807. The normalized spacial score (nSPS) is 14.9. The molecule has 0 atom stereocenters. The highest BCUT2D eigenvalue weighted by atomic mass is 16.5. The van der Waals surface area contributed by atoms with Crippen molar-refractivity contribution in [3.8, 4) is 0 Å². The molecule has 1 N–H and O–H groups in total. The average molecular weight is 233 g/mol. The van der Waals surface area contributed by atoms with E-state index in [-0.39, 0.29) is 5.97 Å². The zero-order valence-electron chi connectivity index (χ0n) is 9.73. The molecule has 1 aromatic carbocycles. The molecule has 0 bridgehead atoms. The molecule has 1 aliphatic rings. The lowest BCUT2D eigenvalue weighted by Crippen LogP contribution is -2.12. The number of carbonyl (C=O) groups is 1. The van der Waals surface area contributed by atoms with Crippen molar-refractivity contribution in [2.75, 3.05) is 25.1 Å². The third-order valence-electron chi connectivity index (χ3n) is 2.45. The van der Waals surface area contributed by atoms with Gasteiger partial charge in [-0.1, -0.05) is 18.2 Å². The van der Waals surface area contributed by atoms with E-state index in [1.165, 1.54) is 0 Å². The molecular weight excluding hydrogens is 218 g/mol. The number of ether oxygens (including phenoxy) is 2. The zero-order valence-corrected chi connectivity index (χ0v) is 9.73. The fourth-order valence-electron chi connectivity index (χ4n) is 1.64. The Labute approximate surface area is 100 Å². The minimum Gasteiger partial charge on any atom is -0.463 e. The summed E-state index contributed by atoms with van der Waals surface area (Å²) in [6.45, 7) is 2.90. The molecule has 0 amide bonds. The summed E-state index contributed by atoms with van der Waals surface area (Å²) >= 11 is 0. The number of benzene rings is 1. The molecule has 0 fully saturated rings. The standard InChI is InChI=1S/C13H15NO3/c1-2-17-13(15)11-8-16-9-12(11)14-10-6-4-3-5-7-10/h3-7,14H,2,8-9H2,1H3. The van der Waals surface area contributed by atoms with Gasteiger partial charge in [-0.25, -0.2) is 4.79 Å². The highest BCUT2D eigenvalue weighted by Gasteiger charge is 2.22. The van der Waals surface area contributed by atoms with E-state index in [1.54, 1.807) is 6.92 Å². The van der Waals surface area contributed by atoms with Crippen molar-refractivity contribution in [3.63, 3.8) is 0 Å². The van der Waals surface area contributed by atoms with Crippen molar-refractivity contribution < 1.29 is 14.3 Å². The van der Waals surface area contributed by atoms with E-state index in [9.17, 15) is 4.79 Å². The van der Waals surface area contributed by atoms with Crippen LogP contribution in [0.2, 0.25) is 0 Å². The smallest absolute Gasteiger partial charge is 0.338 e. The predicted octanol–water partition coefficient (Wildman–Crippen LogP) is 1.95. The maximum Gasteiger partial charge on any atom is 0.338 e. The SMILES string of the molecule is CCOC(=O)C1=C(Nc2ccccc2)COC1. The van der Waals surface area contributed by atoms with Crippen LogP contribution >= 0.6 is 0 Å². The predicted molar refractivity (Wildman–Crippen MR) is 64.5 cm³/mol. The average Bonchev–Trinajstić information content (AvgIpc) is 2.79. The van der Waals surface area contributed by atoms with Crippen LogP contribution in [0.3, 0.4) is 0 Å². The molecule has 17 heavy (non-hydrogen) atoms. The van der Waals surface area contributed by atoms with Gasteiger partial charge in [0, 0.05) is 5.69 Å². The van der Waals surface area contributed by atoms with Gasteiger partial charge in [-0.2, -0.15) is 0 Å². The van der Waals surface area contributed by atoms with Crippen LogP contribution in [-0.4, -0.2) is 25.8 Å². The Kier molecular flexibility index (Phi) is 3.77. The van der Waals surface area contributed by atoms with Crippen molar-refractivity contribution >= 4 is 11.7 Å². The molecule has 1 heterocycles. The number of esters is 1. The molecule has 1 aromatic rings. The fourth-order valence-corrected chi connectivity index (χ4v) is 1.64. The van der Waals surface area contributed by atoms with E-state index < -0.39 is 0 Å². The summed E-state index contributed by atoms with van der Waals surface area (Å²) < 4.78 is 10.2. The molecule has 4 nitrogen and oxygen atoms in total. The molecule has 0 saturated heterocycles. The molecule has 0 radical (unpaired) electrons. The van der Waals surface area contributed by atoms with Gasteiger partial charge in [0.1, 0.15) is 0 Å². The number of carbonyl (C=O) groups excluding carboxylic acids is 1. The molecule has 0 spiro atoms. The second kappa shape index (κ2) is 5.50. The van der Waals surface area contributed by atoms with Gasteiger partial charge in [0.15, 0.2) is 0 Å². The largest absolute Gasteiger partial charge is 0.463 e. The van der Waals surface area contributed by atoms with Gasteiger partial charge in [0.2, 0.25) is 0 Å². The molecule has 0 saturated carbocycles. The minimum atomic E-state index is -0.302. The molecule has 0 aromatic heterocycles. The Balaban J connectivity index is 2.13. The summed E-state index contributed by atoms with van der Waals surface area (Å²) in [7, 11) is 0. The molecule has 2 rings (SSSR count). The van der Waals surface area contributed by atoms with Crippen LogP contribution in [0.1, 0.15) is 6.92 Å². The van der Waals surface area contributed by atoms with E-state index in [2.05, 4.69) is 5.32 Å². The summed E-state index contributed by atoms with van der Waals surface area (Å²) in [4.78, 5) is 11.6. The second-order valence-corrected chi connectivity index (χ2v) is 3.66. The second-order valence-electron chi connectivity index (χ2n) is 3.66. The first kappa shape index (κ1) is 11.7. The lowest BCUT2D eigenvalue weighted by Gasteiger charge is -2.08. The summed E-state index contributed by atoms with van der Waals surface area (Å²) in [6, 6.07) is 9.69. The third kappa shape index (κ3) is 2.85. The van der Waals surface area contributed by atoms with Gasteiger partial charge < -0.3 is 14.8 Å². The summed E-state index contributed by atoms with van der Waals surface area (Å²) in [5.41, 5.74) is 2.31. The molecular formula is C13H15NO3. The molecule has 90 valence electrons. The summed E-state index contributed by atoms with van der Waals surface area (Å²) in [5, 5.41) is 3.18. The Morgan fingerprint density at radius 1 is 1.35 bits per heavy atom. The number of nitrogens with one attached hydrogen (secondary N) is 1. The van der Waals surface area contributed by atoms with E-state index in [1.807, 2.05) is 30.3 Å². The van der Waals surface area contributed by atoms with Crippen LogP contribution < -0.4 is 5.32 Å². The highest BCUT2D eigenvalue weighted by molar-refractivity contribution is 5.90. The fraction of sp³-hybridized carbons (Fsp3) is 0.308. The van der Waals surface area contributed by atoms with Crippen LogP contribution in [-0.2, 0) is 14.3 Å². The minimum absolute atomic E-state index is 0.302. The van der Waals surface area contributed by atoms with Crippen molar-refractivity contribution in [2.45, 2.75) is 6.92 Å². The van der Waals surface area contributed by atoms with Crippen molar-refractivity contribution in [3.05, 3.63) is 41.6 Å². The van der Waals surface area contributed by atoms with E-state index in [0.717, 1.165) is 11.4 Å². The number of para-hydroxylation sites is 1. The molecule has 1 aliphatic heterocycles. The maximum absolute atomic E-state index is 11.6. The van der Waals surface area contributed by atoms with Crippen LogP contribution in [0.15, 0.2) is 41.6 Å². The highest BCUT2D eigenvalue weighted by Crippen LogP contribution is 2.18. The Morgan fingerprint density at radius 3 is 2.82 bits per heavy atom. The number of hydrogen-bond donors (Lipinski definition) is 1. The first-order chi connectivity index (χ1) is 8.31. The van der Waals surface area contributed by atoms with Gasteiger partial charge in [-0.15, -0.1) is 0 Å². The number of anilines is 1. The first-order valence-electron chi connectivity index (χ1n) is 5.60. The van der Waals surface area contributed by atoms with Crippen LogP contribution in [0, 0.1) is 0 Å². The lowest BCUT2D eigenvalue weighted by atomic mass is 10.2. The topological polar surface area (TPSA) is 47.6 Å². The number of rotatable bonds is 4. The van der Waals surface area contributed by atoms with Crippen molar-refractivity contribution in [2.24, 2.45) is 0 Å².